The van der Waals surface area contributed by atoms with Crippen molar-refractivity contribution in [1.82, 2.24) is 10.1 Å². The summed E-state index contributed by atoms with van der Waals surface area (Å²) in [6.07, 6.45) is 4.36. The Balaban J connectivity index is 1.77. The van der Waals surface area contributed by atoms with Crippen LogP contribution in [0, 0.1) is 17.0 Å². The average molecular weight is 340 g/mol. The van der Waals surface area contributed by atoms with E-state index in [1.165, 1.54) is 24.4 Å². The lowest BCUT2D eigenvalue weighted by Crippen LogP contribution is -1.87. The van der Waals surface area contributed by atoms with Crippen LogP contribution in [-0.2, 0) is 0 Å². The molecule has 0 atom stereocenters. The van der Waals surface area contributed by atoms with Crippen molar-refractivity contribution in [3.05, 3.63) is 63.4 Å². The minimum atomic E-state index is -0.478. The lowest BCUT2D eigenvalue weighted by atomic mass is 10.2. The number of aliphatic imine (C=N–C) groups is 1. The van der Waals surface area contributed by atoms with E-state index in [4.69, 9.17) is 8.94 Å². The molecule has 0 saturated carbocycles. The number of nitro benzene ring substituents is 1. The van der Waals surface area contributed by atoms with Gasteiger partial charge in [0, 0.05) is 24.3 Å². The van der Waals surface area contributed by atoms with Gasteiger partial charge < -0.3 is 14.0 Å². The first-order valence-corrected chi connectivity index (χ1v) is 7.11. The summed E-state index contributed by atoms with van der Waals surface area (Å²) in [4.78, 5) is 18.3. The van der Waals surface area contributed by atoms with Crippen LogP contribution in [0.1, 0.15) is 22.9 Å². The van der Waals surface area contributed by atoms with Crippen LogP contribution in [0.4, 0.5) is 11.5 Å². The van der Waals surface area contributed by atoms with Crippen molar-refractivity contribution in [2.75, 3.05) is 0 Å². The van der Waals surface area contributed by atoms with Gasteiger partial charge >= 0.3 is 5.95 Å². The molecule has 0 fully saturated rings. The molecular formula is C16H12N4O5. The zero-order chi connectivity index (χ0) is 17.8. The van der Waals surface area contributed by atoms with Gasteiger partial charge in [0.05, 0.1) is 11.1 Å². The molecule has 126 valence electrons. The second kappa shape index (κ2) is 6.79. The molecular weight excluding hydrogens is 328 g/mol. The second-order valence-corrected chi connectivity index (χ2v) is 4.98. The van der Waals surface area contributed by atoms with Gasteiger partial charge in [-0.25, -0.2) is 9.98 Å². The summed E-state index contributed by atoms with van der Waals surface area (Å²) in [6, 6.07) is 7.70. The van der Waals surface area contributed by atoms with Crippen LogP contribution in [-0.4, -0.2) is 26.4 Å². The third kappa shape index (κ3) is 3.96. The molecule has 2 aromatic heterocycles. The van der Waals surface area contributed by atoms with Crippen molar-refractivity contribution < 1.29 is 19.0 Å². The SMILES string of the molecule is Cc1cc(N=Cc2nc(/C=C/c3cccc([N+](=O)[O-])c3)oc2O)no1. The molecule has 0 radical (unpaired) electrons. The molecule has 0 saturated heterocycles. The first kappa shape index (κ1) is 16.1. The number of nitrogens with zero attached hydrogens (tertiary/aromatic N) is 4. The van der Waals surface area contributed by atoms with Crippen molar-refractivity contribution in [2.24, 2.45) is 4.99 Å². The van der Waals surface area contributed by atoms with Crippen molar-refractivity contribution in [2.45, 2.75) is 6.92 Å². The van der Waals surface area contributed by atoms with Gasteiger partial charge in [0.1, 0.15) is 5.76 Å². The van der Waals surface area contributed by atoms with Gasteiger partial charge in [0.15, 0.2) is 11.5 Å². The Morgan fingerprint density at radius 1 is 1.32 bits per heavy atom. The van der Waals surface area contributed by atoms with E-state index in [1.54, 1.807) is 31.2 Å². The Bertz CT molecular complexity index is 971. The molecule has 0 aliphatic heterocycles. The van der Waals surface area contributed by atoms with Gasteiger partial charge in [-0.2, -0.15) is 0 Å². The molecule has 0 aliphatic rings. The van der Waals surface area contributed by atoms with Crippen molar-refractivity contribution >= 4 is 29.9 Å². The largest absolute Gasteiger partial charge is 0.479 e. The molecule has 9 heteroatoms. The van der Waals surface area contributed by atoms with Crippen LogP contribution >= 0.6 is 0 Å². The predicted molar refractivity (Wildman–Crippen MR) is 88.7 cm³/mol. The first-order valence-electron chi connectivity index (χ1n) is 7.11. The highest BCUT2D eigenvalue weighted by molar-refractivity contribution is 5.82. The number of aromatic nitrogens is 2. The van der Waals surface area contributed by atoms with Gasteiger partial charge in [-0.3, -0.25) is 10.1 Å². The molecule has 0 spiro atoms. The quantitative estimate of drug-likeness (QED) is 0.427. The highest BCUT2D eigenvalue weighted by Gasteiger charge is 2.09. The monoisotopic (exact) mass is 340 g/mol. The second-order valence-electron chi connectivity index (χ2n) is 4.98. The number of nitro groups is 1. The van der Waals surface area contributed by atoms with E-state index in [2.05, 4.69) is 15.1 Å². The summed E-state index contributed by atoms with van der Waals surface area (Å²) in [5.74, 6) is 0.676. The Kier molecular flexibility index (Phi) is 4.38. The fourth-order valence-corrected chi connectivity index (χ4v) is 1.95. The summed E-state index contributed by atoms with van der Waals surface area (Å²) in [5, 5.41) is 24.2. The Hall–Kier alpha value is -3.75. The molecule has 3 rings (SSSR count). The summed E-state index contributed by atoms with van der Waals surface area (Å²) in [6.45, 7) is 1.73. The molecule has 0 aliphatic carbocycles. The van der Waals surface area contributed by atoms with E-state index < -0.39 is 10.9 Å². The van der Waals surface area contributed by atoms with Gasteiger partial charge in [0.25, 0.3) is 5.69 Å². The zero-order valence-corrected chi connectivity index (χ0v) is 13.0. The highest BCUT2D eigenvalue weighted by Crippen LogP contribution is 2.20. The number of benzene rings is 1. The number of aryl methyl sites for hydroxylation is 1. The van der Waals surface area contributed by atoms with Crippen LogP contribution in [0.15, 0.2) is 44.3 Å². The molecule has 1 N–H and O–H groups in total. The number of rotatable bonds is 5. The van der Waals surface area contributed by atoms with Crippen molar-refractivity contribution in [3.63, 3.8) is 0 Å². The number of aromatic hydroxyl groups is 1. The van der Waals surface area contributed by atoms with E-state index in [-0.39, 0.29) is 17.3 Å². The lowest BCUT2D eigenvalue weighted by Gasteiger charge is -1.93. The van der Waals surface area contributed by atoms with Crippen LogP contribution in [0.3, 0.4) is 0 Å². The summed E-state index contributed by atoms with van der Waals surface area (Å²) in [7, 11) is 0. The third-order valence-electron chi connectivity index (χ3n) is 3.09. The van der Waals surface area contributed by atoms with E-state index in [0.29, 0.717) is 17.1 Å². The number of hydrogen-bond acceptors (Lipinski definition) is 8. The van der Waals surface area contributed by atoms with Crippen molar-refractivity contribution in [1.29, 1.82) is 0 Å². The molecule has 25 heavy (non-hydrogen) atoms. The molecule has 1 aromatic carbocycles. The Morgan fingerprint density at radius 3 is 2.88 bits per heavy atom. The van der Waals surface area contributed by atoms with Crippen LogP contribution in [0.2, 0.25) is 0 Å². The average Bonchev–Trinajstić information content (AvgIpc) is 3.16. The summed E-state index contributed by atoms with van der Waals surface area (Å²) < 4.78 is 9.97. The maximum Gasteiger partial charge on any atom is 0.312 e. The van der Waals surface area contributed by atoms with E-state index in [0.717, 1.165) is 0 Å². The van der Waals surface area contributed by atoms with E-state index in [1.807, 2.05) is 0 Å². The minimum absolute atomic E-state index is 0.0203. The molecule has 2 heterocycles. The standard InChI is InChI=1S/C16H12N4O5/c1-10-7-14(19-25-10)17-9-13-16(21)24-15(18-13)6-5-11-3-2-4-12(8-11)20(22)23/h2-9,21H,1H3/b6-5+,17-9?. The third-order valence-corrected chi connectivity index (χ3v) is 3.09. The molecule has 3 aromatic rings. The van der Waals surface area contributed by atoms with Crippen LogP contribution in [0.25, 0.3) is 12.2 Å². The van der Waals surface area contributed by atoms with Crippen LogP contribution < -0.4 is 0 Å². The lowest BCUT2D eigenvalue weighted by molar-refractivity contribution is -0.384. The van der Waals surface area contributed by atoms with Gasteiger partial charge in [-0.05, 0) is 18.6 Å². The molecule has 9 nitrogen and oxygen atoms in total. The molecule has 0 unspecified atom stereocenters. The maximum atomic E-state index is 10.8. The first-order chi connectivity index (χ1) is 12.0. The van der Waals surface area contributed by atoms with E-state index >= 15 is 0 Å². The fraction of sp³-hybridized carbons (Fsp3) is 0.0625. The predicted octanol–water partition coefficient (Wildman–Crippen LogP) is 3.51. The van der Waals surface area contributed by atoms with Crippen LogP contribution in [0.5, 0.6) is 5.95 Å². The number of non-ortho nitro benzene ring substituents is 1. The van der Waals surface area contributed by atoms with E-state index in [9.17, 15) is 15.2 Å². The highest BCUT2D eigenvalue weighted by atomic mass is 16.6. The summed E-state index contributed by atoms with van der Waals surface area (Å²) in [5.41, 5.74) is 0.702. The fourth-order valence-electron chi connectivity index (χ4n) is 1.95. The number of oxazole rings is 1. The Labute approximate surface area is 141 Å². The summed E-state index contributed by atoms with van der Waals surface area (Å²) >= 11 is 0. The molecule has 0 bridgehead atoms. The topological polar surface area (TPSA) is 128 Å². The normalized spacial score (nSPS) is 11.6. The minimum Gasteiger partial charge on any atom is -0.479 e. The Morgan fingerprint density at radius 2 is 2.16 bits per heavy atom. The van der Waals surface area contributed by atoms with Gasteiger partial charge in [-0.15, -0.1) is 0 Å². The maximum absolute atomic E-state index is 10.8. The number of hydrogen-bond donors (Lipinski definition) is 1. The van der Waals surface area contributed by atoms with Gasteiger partial charge in [-0.1, -0.05) is 17.3 Å². The van der Waals surface area contributed by atoms with Gasteiger partial charge in [0.2, 0.25) is 5.89 Å². The zero-order valence-electron chi connectivity index (χ0n) is 13.0. The molecule has 0 amide bonds. The van der Waals surface area contributed by atoms with Crippen molar-refractivity contribution in [3.8, 4) is 5.95 Å². The smallest absolute Gasteiger partial charge is 0.312 e.